The van der Waals surface area contributed by atoms with Crippen LogP contribution in [0.5, 0.6) is 0 Å². The molecule has 0 radical (unpaired) electrons. The van der Waals surface area contributed by atoms with E-state index < -0.39 is 10.8 Å². The third-order valence-electron chi connectivity index (χ3n) is 3.92. The van der Waals surface area contributed by atoms with Gasteiger partial charge >= 0.3 is 0 Å². The summed E-state index contributed by atoms with van der Waals surface area (Å²) < 4.78 is 0. The summed E-state index contributed by atoms with van der Waals surface area (Å²) in [5.74, 6) is -0.430. The molecular weight excluding hydrogens is 320 g/mol. The van der Waals surface area contributed by atoms with E-state index in [0.29, 0.717) is 5.56 Å². The van der Waals surface area contributed by atoms with Gasteiger partial charge in [0.1, 0.15) is 0 Å². The van der Waals surface area contributed by atoms with Gasteiger partial charge in [0, 0.05) is 40.4 Å². The number of aryl methyl sites for hydroxylation is 1. The number of fused-ring (bicyclic) bond motifs is 1. The van der Waals surface area contributed by atoms with Crippen LogP contribution in [-0.2, 0) is 6.42 Å². The van der Waals surface area contributed by atoms with Gasteiger partial charge in [0.05, 0.1) is 11.1 Å². The van der Waals surface area contributed by atoms with E-state index in [1.165, 1.54) is 29.8 Å². The summed E-state index contributed by atoms with van der Waals surface area (Å²) in [6.07, 6.45) is 4.33. The SMILES string of the molecule is CCc1cccc2c(C=NNC(=O)c3ccc([N+](=O)[O-])cc3)c[nH]c12. The lowest BCUT2D eigenvalue weighted by atomic mass is 10.1. The van der Waals surface area contributed by atoms with E-state index in [1.54, 1.807) is 6.21 Å². The van der Waals surface area contributed by atoms with Crippen LogP contribution in [0.3, 0.4) is 0 Å². The number of H-pyrrole nitrogens is 1. The maximum atomic E-state index is 12.0. The second kappa shape index (κ2) is 6.96. The molecule has 1 heterocycles. The number of para-hydroxylation sites is 1. The van der Waals surface area contributed by atoms with E-state index in [-0.39, 0.29) is 5.69 Å². The van der Waals surface area contributed by atoms with Crippen molar-refractivity contribution in [3.8, 4) is 0 Å². The summed E-state index contributed by atoms with van der Waals surface area (Å²) in [6.45, 7) is 2.09. The van der Waals surface area contributed by atoms with Gasteiger partial charge in [-0.3, -0.25) is 14.9 Å². The number of rotatable bonds is 5. The van der Waals surface area contributed by atoms with Gasteiger partial charge in [-0.05, 0) is 24.1 Å². The first-order valence-electron chi connectivity index (χ1n) is 7.77. The minimum absolute atomic E-state index is 0.0643. The Hall–Kier alpha value is -3.48. The molecule has 0 unspecified atom stereocenters. The fraction of sp³-hybridized carbons (Fsp3) is 0.111. The highest BCUT2D eigenvalue weighted by Gasteiger charge is 2.09. The number of carbonyl (C=O) groups excluding carboxylic acids is 1. The van der Waals surface area contributed by atoms with Crippen molar-refractivity contribution in [1.82, 2.24) is 10.4 Å². The zero-order valence-electron chi connectivity index (χ0n) is 13.5. The van der Waals surface area contributed by atoms with Crippen LogP contribution in [-0.4, -0.2) is 22.0 Å². The van der Waals surface area contributed by atoms with E-state index in [2.05, 4.69) is 28.5 Å². The number of hydrazone groups is 1. The number of hydrogen-bond acceptors (Lipinski definition) is 4. The highest BCUT2D eigenvalue weighted by atomic mass is 16.6. The monoisotopic (exact) mass is 336 g/mol. The molecule has 0 atom stereocenters. The molecule has 0 aliphatic heterocycles. The lowest BCUT2D eigenvalue weighted by Crippen LogP contribution is -2.17. The maximum Gasteiger partial charge on any atom is 0.271 e. The summed E-state index contributed by atoms with van der Waals surface area (Å²) in [4.78, 5) is 25.3. The first-order chi connectivity index (χ1) is 12.1. The number of aromatic amines is 1. The fourth-order valence-electron chi connectivity index (χ4n) is 2.60. The molecule has 1 amide bonds. The number of amides is 1. The fourth-order valence-corrected chi connectivity index (χ4v) is 2.60. The minimum Gasteiger partial charge on any atom is -0.360 e. The lowest BCUT2D eigenvalue weighted by Gasteiger charge is -2.00. The summed E-state index contributed by atoms with van der Waals surface area (Å²) in [6, 6.07) is 11.4. The molecule has 0 saturated carbocycles. The van der Waals surface area contributed by atoms with Gasteiger partial charge in [0.25, 0.3) is 11.6 Å². The molecule has 2 aromatic carbocycles. The van der Waals surface area contributed by atoms with Crippen molar-refractivity contribution in [2.24, 2.45) is 5.10 Å². The number of non-ortho nitro benzene ring substituents is 1. The Kier molecular flexibility index (Phi) is 4.56. The normalized spacial score (nSPS) is 11.1. The molecule has 7 nitrogen and oxygen atoms in total. The van der Waals surface area contributed by atoms with Crippen molar-refractivity contribution < 1.29 is 9.72 Å². The average Bonchev–Trinajstić information content (AvgIpc) is 3.05. The van der Waals surface area contributed by atoms with Crippen molar-refractivity contribution in [3.63, 3.8) is 0 Å². The molecule has 0 saturated heterocycles. The van der Waals surface area contributed by atoms with Gasteiger partial charge in [-0.15, -0.1) is 0 Å². The van der Waals surface area contributed by atoms with Crippen LogP contribution >= 0.6 is 0 Å². The first kappa shape index (κ1) is 16.4. The number of nitrogens with one attached hydrogen (secondary N) is 2. The van der Waals surface area contributed by atoms with Gasteiger partial charge in [-0.1, -0.05) is 25.1 Å². The van der Waals surface area contributed by atoms with Crippen LogP contribution in [0.1, 0.15) is 28.4 Å². The van der Waals surface area contributed by atoms with Crippen LogP contribution < -0.4 is 5.43 Å². The first-order valence-corrected chi connectivity index (χ1v) is 7.77. The van der Waals surface area contributed by atoms with Crippen LogP contribution in [0.4, 0.5) is 5.69 Å². The quantitative estimate of drug-likeness (QED) is 0.424. The van der Waals surface area contributed by atoms with Crippen molar-refractivity contribution >= 4 is 28.7 Å². The predicted molar refractivity (Wildman–Crippen MR) is 95.8 cm³/mol. The molecule has 3 aromatic rings. The highest BCUT2D eigenvalue weighted by Crippen LogP contribution is 2.21. The summed E-state index contributed by atoms with van der Waals surface area (Å²) in [5, 5.41) is 15.6. The van der Waals surface area contributed by atoms with Crippen LogP contribution in [0, 0.1) is 10.1 Å². The van der Waals surface area contributed by atoms with Gasteiger partial charge in [0.15, 0.2) is 0 Å². The van der Waals surface area contributed by atoms with Crippen molar-refractivity contribution in [3.05, 3.63) is 75.5 Å². The molecule has 0 spiro atoms. The Bertz CT molecular complexity index is 958. The van der Waals surface area contributed by atoms with Crippen molar-refractivity contribution in [2.45, 2.75) is 13.3 Å². The molecule has 0 bridgehead atoms. The lowest BCUT2D eigenvalue weighted by molar-refractivity contribution is -0.384. The van der Waals surface area contributed by atoms with Crippen LogP contribution in [0.2, 0.25) is 0 Å². The minimum atomic E-state index is -0.512. The molecule has 7 heteroatoms. The average molecular weight is 336 g/mol. The van der Waals surface area contributed by atoms with Crippen LogP contribution in [0.25, 0.3) is 10.9 Å². The topological polar surface area (TPSA) is 100 Å². The second-order valence-corrected chi connectivity index (χ2v) is 5.44. The summed E-state index contributed by atoms with van der Waals surface area (Å²) >= 11 is 0. The van der Waals surface area contributed by atoms with Crippen molar-refractivity contribution in [1.29, 1.82) is 0 Å². The van der Waals surface area contributed by atoms with Crippen molar-refractivity contribution in [2.75, 3.05) is 0 Å². The number of nitro benzene ring substituents is 1. The zero-order valence-corrected chi connectivity index (χ0v) is 13.5. The third kappa shape index (κ3) is 3.40. The number of nitrogens with zero attached hydrogens (tertiary/aromatic N) is 2. The predicted octanol–water partition coefficient (Wildman–Crippen LogP) is 3.40. The zero-order chi connectivity index (χ0) is 17.8. The molecule has 2 N–H and O–H groups in total. The second-order valence-electron chi connectivity index (χ2n) is 5.44. The third-order valence-corrected chi connectivity index (χ3v) is 3.92. The number of carbonyl (C=O) groups is 1. The number of benzene rings is 2. The Morgan fingerprint density at radius 1 is 1.28 bits per heavy atom. The Morgan fingerprint density at radius 2 is 2.04 bits per heavy atom. The van der Waals surface area contributed by atoms with E-state index >= 15 is 0 Å². The maximum absolute atomic E-state index is 12.0. The molecule has 0 fully saturated rings. The van der Waals surface area contributed by atoms with E-state index in [4.69, 9.17) is 0 Å². The van der Waals surface area contributed by atoms with Gasteiger partial charge < -0.3 is 4.98 Å². The van der Waals surface area contributed by atoms with E-state index in [0.717, 1.165) is 22.9 Å². The number of aromatic nitrogens is 1. The smallest absolute Gasteiger partial charge is 0.271 e. The van der Waals surface area contributed by atoms with Gasteiger partial charge in [-0.25, -0.2) is 5.43 Å². The highest BCUT2D eigenvalue weighted by molar-refractivity contribution is 6.01. The largest absolute Gasteiger partial charge is 0.360 e. The Balaban J connectivity index is 1.73. The molecule has 3 rings (SSSR count). The molecule has 126 valence electrons. The summed E-state index contributed by atoms with van der Waals surface area (Å²) in [5.41, 5.74) is 5.81. The Morgan fingerprint density at radius 3 is 2.72 bits per heavy atom. The molecule has 0 aliphatic carbocycles. The Labute approximate surface area is 143 Å². The van der Waals surface area contributed by atoms with Gasteiger partial charge in [0.2, 0.25) is 0 Å². The molecule has 25 heavy (non-hydrogen) atoms. The van der Waals surface area contributed by atoms with E-state index in [9.17, 15) is 14.9 Å². The molecule has 0 aliphatic rings. The number of hydrogen-bond donors (Lipinski definition) is 2. The standard InChI is InChI=1S/C18H16N4O3/c1-2-12-4-3-5-16-14(10-19-17(12)16)11-20-21-18(23)13-6-8-15(9-7-13)22(24)25/h3-11,19H,2H2,1H3,(H,21,23). The van der Waals surface area contributed by atoms with Crippen LogP contribution in [0.15, 0.2) is 53.8 Å². The molecule has 1 aromatic heterocycles. The van der Waals surface area contributed by atoms with E-state index in [1.807, 2.05) is 18.3 Å². The van der Waals surface area contributed by atoms with Gasteiger partial charge in [-0.2, -0.15) is 5.10 Å². The number of nitro groups is 1. The molecular formula is C18H16N4O3. The summed E-state index contributed by atoms with van der Waals surface area (Å²) in [7, 11) is 0.